The summed E-state index contributed by atoms with van der Waals surface area (Å²) < 4.78 is 10.7. The van der Waals surface area contributed by atoms with E-state index in [1.807, 2.05) is 84.1 Å². The topological polar surface area (TPSA) is 119 Å². The van der Waals surface area contributed by atoms with Crippen molar-refractivity contribution in [2.45, 2.75) is 87.5 Å². The molecule has 0 aliphatic rings. The third kappa shape index (κ3) is 14.3. The molecule has 2 aromatic carbocycles. The maximum atomic E-state index is 11.7. The molecule has 49 heavy (non-hydrogen) atoms. The van der Waals surface area contributed by atoms with Gasteiger partial charge in [-0.2, -0.15) is 0 Å². The Morgan fingerprint density at radius 1 is 0.735 bits per heavy atom. The van der Waals surface area contributed by atoms with Gasteiger partial charge in [0.05, 0.1) is 31.7 Å². The maximum Gasteiger partial charge on any atom is 0.488 e. The molecule has 0 amide bonds. The molecule has 0 saturated heterocycles. The summed E-state index contributed by atoms with van der Waals surface area (Å²) in [7, 11) is -1.35. The molecule has 2 N–H and O–H groups in total. The first-order valence-corrected chi connectivity index (χ1v) is 17.0. The Morgan fingerprint density at radius 3 is 1.57 bits per heavy atom. The first-order valence-electron chi connectivity index (χ1n) is 16.2. The summed E-state index contributed by atoms with van der Waals surface area (Å²) in [5.41, 5.74) is 9.21. The van der Waals surface area contributed by atoms with Crippen LogP contribution in [0.25, 0.3) is 11.3 Å². The number of benzene rings is 2. The van der Waals surface area contributed by atoms with Gasteiger partial charge in [0.1, 0.15) is 4.60 Å². The minimum atomic E-state index is -1.35. The fraction of sp³-hybridized carbons (Fsp3) is 0.385. The fourth-order valence-corrected chi connectivity index (χ4v) is 5.63. The molecule has 8 nitrogen and oxygen atoms in total. The Bertz CT molecular complexity index is 1590. The number of ether oxygens (including phenoxy) is 2. The van der Waals surface area contributed by atoms with Gasteiger partial charge in [0.2, 0.25) is 0 Å². The van der Waals surface area contributed by atoms with Crippen LogP contribution < -0.4 is 5.46 Å². The zero-order valence-electron chi connectivity index (χ0n) is 29.3. The molecule has 264 valence electrons. The molecule has 0 saturated carbocycles. The van der Waals surface area contributed by atoms with Crippen LogP contribution in [-0.4, -0.2) is 52.3 Å². The highest BCUT2D eigenvalue weighted by Gasteiger charge is 2.16. The van der Waals surface area contributed by atoms with Gasteiger partial charge in [-0.25, -0.2) is 4.98 Å². The number of aromatic nitrogens is 2. The number of rotatable bonds is 10. The third-order valence-corrected chi connectivity index (χ3v) is 8.20. The zero-order chi connectivity index (χ0) is 35.8. The molecule has 0 bridgehead atoms. The lowest BCUT2D eigenvalue weighted by molar-refractivity contribution is -0.144. The molecule has 0 aliphatic carbocycles. The standard InChI is InChI=1S/C19H23NO2.C11H14BrNO2.C8H11BO2.CH4/c1-5-22-18(21)11-15(4)16-9-10-20-17(12-16)19-13(2)7-6-8-14(19)3;1-3-15-11(14)6-8(2)9-4-5-13-10(12)7-9;1-6-4-3-5-7(2)8(6)9(10)11;/h6-10,12,15H,5,11H2,1-4H3;4-5,7-8H,3,6H2,1-2H3;3-5,10-11H,1-2H3;1H4/t15-;8-;;/m00../s1. The number of halogens is 1. The van der Waals surface area contributed by atoms with Gasteiger partial charge in [-0.05, 0) is 121 Å². The molecule has 0 unspecified atom stereocenters. The number of carbonyl (C=O) groups excluding carboxylic acids is 2. The van der Waals surface area contributed by atoms with Gasteiger partial charge in [-0.1, -0.05) is 68.8 Å². The quantitative estimate of drug-likeness (QED) is 0.0958. The SMILES string of the molecule is C.CCOC(=O)C[C@H](C)c1ccnc(-c2c(C)cccc2C)c1.CCOC(=O)C[C@H](C)c1ccnc(Br)c1.Cc1cccc(C)c1B(O)O. The normalized spacial score (nSPS) is 11.3. The highest BCUT2D eigenvalue weighted by atomic mass is 79.9. The van der Waals surface area contributed by atoms with E-state index >= 15 is 0 Å². The number of hydrogen-bond donors (Lipinski definition) is 2. The van der Waals surface area contributed by atoms with E-state index < -0.39 is 7.12 Å². The monoisotopic (exact) mass is 734 g/mol. The molecule has 0 fully saturated rings. The molecule has 2 atom stereocenters. The molecular formula is C39H52BBrN2O6. The lowest BCUT2D eigenvalue weighted by Gasteiger charge is -2.14. The molecule has 4 aromatic rings. The van der Waals surface area contributed by atoms with Crippen molar-refractivity contribution < 1.29 is 29.1 Å². The van der Waals surface area contributed by atoms with E-state index in [0.717, 1.165) is 32.6 Å². The van der Waals surface area contributed by atoms with Crippen LogP contribution in [0.4, 0.5) is 0 Å². The zero-order valence-corrected chi connectivity index (χ0v) is 30.9. The second kappa shape index (κ2) is 22.0. The second-order valence-corrected chi connectivity index (χ2v) is 12.5. The van der Waals surface area contributed by atoms with Crippen LogP contribution in [0.3, 0.4) is 0 Å². The molecule has 0 spiro atoms. The van der Waals surface area contributed by atoms with Crippen LogP contribution in [0.1, 0.15) is 93.2 Å². The van der Waals surface area contributed by atoms with Crippen molar-refractivity contribution in [1.29, 1.82) is 0 Å². The van der Waals surface area contributed by atoms with E-state index in [2.05, 4.69) is 64.0 Å². The lowest BCUT2D eigenvalue weighted by atomic mass is 9.74. The first-order chi connectivity index (χ1) is 22.8. The van der Waals surface area contributed by atoms with Gasteiger partial charge in [0, 0.05) is 18.0 Å². The minimum Gasteiger partial charge on any atom is -0.466 e. The lowest BCUT2D eigenvalue weighted by Crippen LogP contribution is -2.34. The highest BCUT2D eigenvalue weighted by molar-refractivity contribution is 9.10. The van der Waals surface area contributed by atoms with Crippen LogP contribution in [0.15, 0.2) is 77.7 Å². The summed E-state index contributed by atoms with van der Waals surface area (Å²) in [6.07, 6.45) is 4.34. The number of esters is 2. The van der Waals surface area contributed by atoms with Gasteiger partial charge in [-0.3, -0.25) is 14.6 Å². The largest absolute Gasteiger partial charge is 0.488 e. The summed E-state index contributed by atoms with van der Waals surface area (Å²) in [5, 5.41) is 17.9. The van der Waals surface area contributed by atoms with Gasteiger partial charge >= 0.3 is 19.1 Å². The van der Waals surface area contributed by atoms with Crippen molar-refractivity contribution in [2.75, 3.05) is 13.2 Å². The highest BCUT2D eigenvalue weighted by Crippen LogP contribution is 2.29. The van der Waals surface area contributed by atoms with Crippen molar-refractivity contribution >= 4 is 40.4 Å². The fourth-order valence-electron chi connectivity index (χ4n) is 5.24. The van der Waals surface area contributed by atoms with Crippen molar-refractivity contribution in [2.24, 2.45) is 0 Å². The van der Waals surface area contributed by atoms with Gasteiger partial charge in [0.15, 0.2) is 0 Å². The second-order valence-electron chi connectivity index (χ2n) is 11.7. The number of carbonyl (C=O) groups is 2. The van der Waals surface area contributed by atoms with Crippen LogP contribution in [-0.2, 0) is 19.1 Å². The number of aryl methyl sites for hydroxylation is 4. The average Bonchev–Trinajstić information content (AvgIpc) is 3.02. The van der Waals surface area contributed by atoms with Gasteiger partial charge in [-0.15, -0.1) is 0 Å². The number of pyridine rings is 2. The van der Waals surface area contributed by atoms with Crippen LogP contribution in [0.2, 0.25) is 0 Å². The minimum absolute atomic E-state index is 0. The molecule has 2 heterocycles. The Hall–Kier alpha value is -3.86. The van der Waals surface area contributed by atoms with E-state index in [0.29, 0.717) is 31.5 Å². The smallest absolute Gasteiger partial charge is 0.466 e. The first kappa shape index (κ1) is 43.2. The predicted molar refractivity (Wildman–Crippen MR) is 203 cm³/mol. The van der Waals surface area contributed by atoms with Crippen molar-refractivity contribution in [3.8, 4) is 11.3 Å². The predicted octanol–water partition coefficient (Wildman–Crippen LogP) is 7.94. The van der Waals surface area contributed by atoms with Crippen molar-refractivity contribution in [3.05, 3.63) is 111 Å². The average molecular weight is 736 g/mol. The van der Waals surface area contributed by atoms with E-state index in [9.17, 15) is 9.59 Å². The van der Waals surface area contributed by atoms with E-state index in [4.69, 9.17) is 19.5 Å². The van der Waals surface area contributed by atoms with Crippen LogP contribution in [0, 0.1) is 27.7 Å². The summed E-state index contributed by atoms with van der Waals surface area (Å²) in [5.74, 6) is -0.0353. The van der Waals surface area contributed by atoms with Crippen molar-refractivity contribution in [3.63, 3.8) is 0 Å². The van der Waals surface area contributed by atoms with E-state index in [1.54, 1.807) is 6.20 Å². The Kier molecular flexibility index (Phi) is 19.4. The maximum absolute atomic E-state index is 11.7. The molecule has 4 rings (SSSR count). The third-order valence-electron chi connectivity index (χ3n) is 7.77. The summed E-state index contributed by atoms with van der Waals surface area (Å²) >= 11 is 3.30. The molecule has 10 heteroatoms. The van der Waals surface area contributed by atoms with Crippen molar-refractivity contribution in [1.82, 2.24) is 9.97 Å². The van der Waals surface area contributed by atoms with Crippen LogP contribution >= 0.6 is 15.9 Å². The van der Waals surface area contributed by atoms with Crippen LogP contribution in [0.5, 0.6) is 0 Å². The molecular weight excluding hydrogens is 683 g/mol. The van der Waals surface area contributed by atoms with Gasteiger partial charge < -0.3 is 19.5 Å². The molecule has 0 aliphatic heterocycles. The van der Waals surface area contributed by atoms with Gasteiger partial charge in [0.25, 0.3) is 0 Å². The Morgan fingerprint density at radius 2 is 1.16 bits per heavy atom. The number of nitrogens with zero attached hydrogens (tertiary/aromatic N) is 2. The van der Waals surface area contributed by atoms with E-state index in [1.165, 1.54) is 16.7 Å². The summed E-state index contributed by atoms with van der Waals surface area (Å²) in [6.45, 7) is 16.5. The van der Waals surface area contributed by atoms with E-state index in [-0.39, 0.29) is 31.2 Å². The summed E-state index contributed by atoms with van der Waals surface area (Å²) in [4.78, 5) is 31.5. The Balaban J connectivity index is 0.000000388. The Labute approximate surface area is 301 Å². The number of hydrogen-bond acceptors (Lipinski definition) is 8. The summed E-state index contributed by atoms with van der Waals surface area (Å²) in [6, 6.07) is 19.8. The molecule has 2 aromatic heterocycles. The molecule has 0 radical (unpaired) electrons.